The Balaban J connectivity index is 2.23. The molecule has 14 heavy (non-hydrogen) atoms. The van der Waals surface area contributed by atoms with Gasteiger partial charge in [0.05, 0.1) is 17.9 Å². The molecule has 2 rings (SSSR count). The molecule has 0 amide bonds. The highest BCUT2D eigenvalue weighted by molar-refractivity contribution is 9.10. The van der Waals surface area contributed by atoms with Crippen LogP contribution in [0.15, 0.2) is 22.9 Å². The first-order valence-corrected chi connectivity index (χ1v) is 5.42. The number of hydrogen-bond acceptors (Lipinski definition) is 5. The van der Waals surface area contributed by atoms with Crippen molar-refractivity contribution in [1.82, 2.24) is 13.7 Å². The van der Waals surface area contributed by atoms with Crippen LogP contribution in [0.5, 0.6) is 11.6 Å². The number of ether oxygens (including phenoxy) is 1. The molecule has 0 aromatic carbocycles. The molecule has 72 valence electrons. The van der Waals surface area contributed by atoms with Crippen molar-refractivity contribution < 1.29 is 4.74 Å². The molecular formula is C7H3BrClN3OS. The molecule has 0 aliphatic rings. The zero-order valence-electron chi connectivity index (χ0n) is 6.65. The number of rotatable bonds is 2. The second kappa shape index (κ2) is 4.20. The Bertz CT molecular complexity index is 450. The lowest BCUT2D eigenvalue weighted by Gasteiger charge is -2.00. The number of hydrogen-bond donors (Lipinski definition) is 0. The molecule has 2 aromatic rings. The molecule has 0 bridgehead atoms. The Morgan fingerprint density at radius 3 is 2.86 bits per heavy atom. The first-order valence-electron chi connectivity index (χ1n) is 3.52. The summed E-state index contributed by atoms with van der Waals surface area (Å²) in [6, 6.07) is 1.77. The lowest BCUT2D eigenvalue weighted by atomic mass is 10.5. The number of aromatic nitrogens is 3. The van der Waals surface area contributed by atoms with Gasteiger partial charge < -0.3 is 4.74 Å². The van der Waals surface area contributed by atoms with Crippen LogP contribution in [0.25, 0.3) is 0 Å². The van der Waals surface area contributed by atoms with E-state index in [1.165, 1.54) is 0 Å². The quantitative estimate of drug-likeness (QED) is 0.853. The fourth-order valence-electron chi connectivity index (χ4n) is 0.791. The van der Waals surface area contributed by atoms with Gasteiger partial charge in [-0.3, -0.25) is 4.98 Å². The van der Waals surface area contributed by atoms with Crippen molar-refractivity contribution in [1.29, 1.82) is 0 Å². The number of nitrogens with zero attached hydrogens (tertiary/aromatic N) is 3. The molecule has 0 fully saturated rings. The third kappa shape index (κ3) is 2.20. The van der Waals surface area contributed by atoms with Gasteiger partial charge in [0, 0.05) is 10.7 Å². The molecule has 0 saturated heterocycles. The van der Waals surface area contributed by atoms with Crippen molar-refractivity contribution in [2.24, 2.45) is 0 Å². The predicted octanol–water partition coefficient (Wildman–Crippen LogP) is 3.14. The summed E-state index contributed by atoms with van der Waals surface area (Å²) in [4.78, 5) is 3.93. The standard InChI is InChI=1S/C7H3BrClN3OS/c8-4-1-5(3-10-2-4)13-7-6(9)11-14-12-7/h1-3H. The monoisotopic (exact) mass is 291 g/mol. The van der Waals surface area contributed by atoms with Crippen LogP contribution in [0, 0.1) is 0 Å². The lowest BCUT2D eigenvalue weighted by Crippen LogP contribution is -1.85. The highest BCUT2D eigenvalue weighted by atomic mass is 79.9. The second-order valence-electron chi connectivity index (χ2n) is 2.30. The molecule has 0 radical (unpaired) electrons. The zero-order chi connectivity index (χ0) is 9.97. The average Bonchev–Trinajstić information content (AvgIpc) is 2.52. The average molecular weight is 293 g/mol. The summed E-state index contributed by atoms with van der Waals surface area (Å²) in [6.45, 7) is 0. The normalized spacial score (nSPS) is 10.1. The van der Waals surface area contributed by atoms with Crippen LogP contribution in [0.3, 0.4) is 0 Å². The molecule has 7 heteroatoms. The summed E-state index contributed by atoms with van der Waals surface area (Å²) < 4.78 is 13.8. The van der Waals surface area contributed by atoms with E-state index in [9.17, 15) is 0 Å². The number of halogens is 2. The molecule has 0 aliphatic carbocycles. The van der Waals surface area contributed by atoms with Gasteiger partial charge in [-0.05, 0) is 22.0 Å². The van der Waals surface area contributed by atoms with Gasteiger partial charge in [-0.1, -0.05) is 11.6 Å². The molecule has 0 unspecified atom stereocenters. The van der Waals surface area contributed by atoms with Crippen molar-refractivity contribution in [3.05, 3.63) is 28.1 Å². The van der Waals surface area contributed by atoms with Crippen molar-refractivity contribution in [3.8, 4) is 11.6 Å². The second-order valence-corrected chi connectivity index (χ2v) is 4.10. The van der Waals surface area contributed by atoms with Crippen LogP contribution in [0.4, 0.5) is 0 Å². The van der Waals surface area contributed by atoms with E-state index in [0.29, 0.717) is 11.6 Å². The van der Waals surface area contributed by atoms with E-state index in [4.69, 9.17) is 16.3 Å². The first-order chi connectivity index (χ1) is 6.75. The minimum Gasteiger partial charge on any atom is -0.434 e. The summed E-state index contributed by atoms with van der Waals surface area (Å²) in [5.41, 5.74) is 0. The van der Waals surface area contributed by atoms with Gasteiger partial charge in [0.2, 0.25) is 5.15 Å². The minimum atomic E-state index is 0.259. The third-order valence-electron chi connectivity index (χ3n) is 1.32. The largest absolute Gasteiger partial charge is 0.434 e. The minimum absolute atomic E-state index is 0.259. The van der Waals surface area contributed by atoms with Crippen molar-refractivity contribution in [2.75, 3.05) is 0 Å². The molecule has 4 nitrogen and oxygen atoms in total. The molecule has 2 heterocycles. The van der Waals surface area contributed by atoms with Gasteiger partial charge in [-0.15, -0.1) is 4.37 Å². The van der Waals surface area contributed by atoms with E-state index >= 15 is 0 Å². The Labute approximate surface area is 97.4 Å². The highest BCUT2D eigenvalue weighted by Gasteiger charge is 2.07. The van der Waals surface area contributed by atoms with Gasteiger partial charge in [0.1, 0.15) is 5.75 Å². The summed E-state index contributed by atoms with van der Waals surface area (Å²) in [5, 5.41) is 0.259. The highest BCUT2D eigenvalue weighted by Crippen LogP contribution is 2.27. The summed E-state index contributed by atoms with van der Waals surface area (Å²) in [6.07, 6.45) is 3.23. The van der Waals surface area contributed by atoms with Crippen LogP contribution in [0.2, 0.25) is 5.15 Å². The van der Waals surface area contributed by atoms with E-state index in [1.807, 2.05) is 0 Å². The molecular weight excluding hydrogens is 290 g/mol. The number of pyridine rings is 1. The van der Waals surface area contributed by atoms with Crippen molar-refractivity contribution in [2.45, 2.75) is 0 Å². The van der Waals surface area contributed by atoms with Crippen LogP contribution >= 0.6 is 39.3 Å². The molecule has 0 spiro atoms. The van der Waals surface area contributed by atoms with Crippen LogP contribution in [0.1, 0.15) is 0 Å². The summed E-state index contributed by atoms with van der Waals surface area (Å²) in [5.74, 6) is 0.866. The molecule has 0 N–H and O–H groups in total. The fourth-order valence-corrected chi connectivity index (χ4v) is 1.75. The van der Waals surface area contributed by atoms with Crippen molar-refractivity contribution >= 4 is 39.3 Å². The Kier molecular flexibility index (Phi) is 2.95. The van der Waals surface area contributed by atoms with E-state index < -0.39 is 0 Å². The summed E-state index contributed by atoms with van der Waals surface area (Å²) >= 11 is 9.99. The Morgan fingerprint density at radius 1 is 1.36 bits per heavy atom. The summed E-state index contributed by atoms with van der Waals surface area (Å²) in [7, 11) is 0. The van der Waals surface area contributed by atoms with Gasteiger partial charge in [-0.25, -0.2) is 0 Å². The topological polar surface area (TPSA) is 47.9 Å². The van der Waals surface area contributed by atoms with Crippen LogP contribution in [-0.4, -0.2) is 13.7 Å². The molecule has 0 atom stereocenters. The van der Waals surface area contributed by atoms with E-state index in [1.54, 1.807) is 18.5 Å². The van der Waals surface area contributed by atoms with E-state index in [0.717, 1.165) is 16.2 Å². The van der Waals surface area contributed by atoms with Crippen molar-refractivity contribution in [3.63, 3.8) is 0 Å². The smallest absolute Gasteiger partial charge is 0.270 e. The van der Waals surface area contributed by atoms with Gasteiger partial charge >= 0.3 is 0 Å². The molecule has 0 aliphatic heterocycles. The lowest BCUT2D eigenvalue weighted by molar-refractivity contribution is 0.465. The van der Waals surface area contributed by atoms with Gasteiger partial charge in [0.15, 0.2) is 0 Å². The maximum Gasteiger partial charge on any atom is 0.270 e. The maximum atomic E-state index is 5.71. The molecule has 2 aromatic heterocycles. The van der Waals surface area contributed by atoms with E-state index in [2.05, 4.69) is 29.7 Å². The Morgan fingerprint density at radius 2 is 2.21 bits per heavy atom. The first kappa shape index (κ1) is 9.82. The zero-order valence-corrected chi connectivity index (χ0v) is 9.80. The predicted molar refractivity (Wildman–Crippen MR) is 56.9 cm³/mol. The maximum absolute atomic E-state index is 5.71. The molecule has 0 saturated carbocycles. The third-order valence-corrected chi connectivity index (χ3v) is 2.61. The van der Waals surface area contributed by atoms with Gasteiger partial charge in [0.25, 0.3) is 5.88 Å². The van der Waals surface area contributed by atoms with Crippen LogP contribution < -0.4 is 4.74 Å². The van der Waals surface area contributed by atoms with Crippen LogP contribution in [-0.2, 0) is 0 Å². The Hall–Kier alpha value is -0.720. The van der Waals surface area contributed by atoms with Gasteiger partial charge in [-0.2, -0.15) is 4.37 Å². The SMILES string of the molecule is Clc1nsnc1Oc1cncc(Br)c1. The fraction of sp³-hybridized carbons (Fsp3) is 0. The van der Waals surface area contributed by atoms with E-state index in [-0.39, 0.29) is 5.15 Å².